The zero-order valence-electron chi connectivity index (χ0n) is 11.4. The van der Waals surface area contributed by atoms with Gasteiger partial charge in [-0.1, -0.05) is 30.3 Å². The maximum Gasteiger partial charge on any atom is 0.165 e. The SMILES string of the molecule is NC(Cc1ccccc1)C(O)COc1cc(F)ccc1F. The van der Waals surface area contributed by atoms with Crippen LogP contribution in [-0.2, 0) is 6.42 Å². The highest BCUT2D eigenvalue weighted by atomic mass is 19.1. The summed E-state index contributed by atoms with van der Waals surface area (Å²) in [6.45, 7) is -0.200. The quantitative estimate of drug-likeness (QED) is 0.859. The molecule has 0 bridgehead atoms. The minimum atomic E-state index is -0.979. The van der Waals surface area contributed by atoms with Gasteiger partial charge < -0.3 is 15.6 Å². The molecule has 112 valence electrons. The Kier molecular flexibility index (Phi) is 5.25. The summed E-state index contributed by atoms with van der Waals surface area (Å²) in [5, 5.41) is 9.93. The Morgan fingerprint density at radius 1 is 1.10 bits per heavy atom. The molecule has 0 heterocycles. The Hall–Kier alpha value is -1.98. The lowest BCUT2D eigenvalue weighted by Crippen LogP contribution is -2.40. The Morgan fingerprint density at radius 2 is 1.81 bits per heavy atom. The average Bonchev–Trinajstić information content (AvgIpc) is 2.49. The number of ether oxygens (including phenoxy) is 1. The van der Waals surface area contributed by atoms with Gasteiger partial charge in [0.05, 0.1) is 0 Å². The van der Waals surface area contributed by atoms with Crippen LogP contribution in [0.2, 0.25) is 0 Å². The lowest BCUT2D eigenvalue weighted by Gasteiger charge is -2.19. The molecule has 0 saturated carbocycles. The summed E-state index contributed by atoms with van der Waals surface area (Å²) in [6.07, 6.45) is -0.510. The third-order valence-electron chi connectivity index (χ3n) is 3.11. The van der Waals surface area contributed by atoms with Crippen LogP contribution in [0.4, 0.5) is 8.78 Å². The lowest BCUT2D eigenvalue weighted by atomic mass is 10.0. The van der Waals surface area contributed by atoms with Crippen LogP contribution in [0.3, 0.4) is 0 Å². The van der Waals surface area contributed by atoms with Crippen LogP contribution in [-0.4, -0.2) is 23.9 Å². The summed E-state index contributed by atoms with van der Waals surface area (Å²) < 4.78 is 31.4. The van der Waals surface area contributed by atoms with Crippen molar-refractivity contribution >= 4 is 0 Å². The number of rotatable bonds is 6. The van der Waals surface area contributed by atoms with E-state index >= 15 is 0 Å². The molecule has 0 aromatic heterocycles. The number of aliphatic hydroxyl groups excluding tert-OH is 1. The van der Waals surface area contributed by atoms with Gasteiger partial charge >= 0.3 is 0 Å². The van der Waals surface area contributed by atoms with E-state index in [9.17, 15) is 13.9 Å². The fourth-order valence-electron chi connectivity index (χ4n) is 1.91. The first-order chi connectivity index (χ1) is 10.1. The number of aliphatic hydroxyl groups is 1. The first-order valence-corrected chi connectivity index (χ1v) is 6.61. The van der Waals surface area contributed by atoms with Gasteiger partial charge in [0.2, 0.25) is 0 Å². The largest absolute Gasteiger partial charge is 0.488 e. The molecule has 2 unspecified atom stereocenters. The zero-order valence-corrected chi connectivity index (χ0v) is 11.4. The second-order valence-electron chi connectivity index (χ2n) is 4.81. The van der Waals surface area contributed by atoms with Crippen LogP contribution in [0.15, 0.2) is 48.5 Å². The van der Waals surface area contributed by atoms with Crippen LogP contribution < -0.4 is 10.5 Å². The molecule has 0 aliphatic rings. The van der Waals surface area contributed by atoms with Crippen molar-refractivity contribution in [3.05, 3.63) is 65.7 Å². The Balaban J connectivity index is 1.89. The third kappa shape index (κ3) is 4.51. The molecule has 21 heavy (non-hydrogen) atoms. The van der Waals surface area contributed by atoms with E-state index in [1.807, 2.05) is 30.3 Å². The van der Waals surface area contributed by atoms with Gasteiger partial charge in [-0.2, -0.15) is 0 Å². The van der Waals surface area contributed by atoms with Gasteiger partial charge in [-0.15, -0.1) is 0 Å². The van der Waals surface area contributed by atoms with Gasteiger partial charge in [0.1, 0.15) is 18.5 Å². The van der Waals surface area contributed by atoms with Gasteiger partial charge in [0.15, 0.2) is 11.6 Å². The van der Waals surface area contributed by atoms with E-state index in [-0.39, 0.29) is 12.4 Å². The molecular formula is C16H17F2NO2. The van der Waals surface area contributed by atoms with Crippen LogP contribution in [0.5, 0.6) is 5.75 Å². The predicted octanol–water partition coefficient (Wildman–Crippen LogP) is 2.27. The molecule has 0 fully saturated rings. The summed E-state index contributed by atoms with van der Waals surface area (Å²) >= 11 is 0. The summed E-state index contributed by atoms with van der Waals surface area (Å²) in [4.78, 5) is 0. The van der Waals surface area contributed by atoms with E-state index in [2.05, 4.69) is 0 Å². The van der Waals surface area contributed by atoms with Gasteiger partial charge in [-0.05, 0) is 24.1 Å². The van der Waals surface area contributed by atoms with E-state index in [0.29, 0.717) is 6.42 Å². The van der Waals surface area contributed by atoms with Crippen LogP contribution in [0.25, 0.3) is 0 Å². The van der Waals surface area contributed by atoms with Crippen molar-refractivity contribution < 1.29 is 18.6 Å². The normalized spacial score (nSPS) is 13.7. The zero-order chi connectivity index (χ0) is 15.2. The van der Waals surface area contributed by atoms with E-state index in [0.717, 1.165) is 23.8 Å². The van der Waals surface area contributed by atoms with Gasteiger partial charge in [-0.3, -0.25) is 0 Å². The lowest BCUT2D eigenvalue weighted by molar-refractivity contribution is 0.0831. The first kappa shape index (κ1) is 15.4. The van der Waals surface area contributed by atoms with Crippen LogP contribution >= 0.6 is 0 Å². The average molecular weight is 293 g/mol. The molecule has 2 rings (SSSR count). The molecule has 0 amide bonds. The third-order valence-corrected chi connectivity index (χ3v) is 3.11. The van der Waals surface area contributed by atoms with Gasteiger partial charge in [0, 0.05) is 12.1 Å². The number of halogens is 2. The fraction of sp³-hybridized carbons (Fsp3) is 0.250. The molecule has 5 heteroatoms. The maximum absolute atomic E-state index is 13.4. The Morgan fingerprint density at radius 3 is 2.52 bits per heavy atom. The van der Waals surface area contributed by atoms with Crippen LogP contribution in [0.1, 0.15) is 5.56 Å². The molecule has 2 aromatic carbocycles. The van der Waals surface area contributed by atoms with Crippen molar-refractivity contribution in [1.82, 2.24) is 0 Å². The molecule has 0 radical (unpaired) electrons. The van der Waals surface area contributed by atoms with E-state index in [1.165, 1.54) is 0 Å². The van der Waals surface area contributed by atoms with Crippen molar-refractivity contribution in [3.63, 3.8) is 0 Å². The second-order valence-corrected chi connectivity index (χ2v) is 4.81. The molecule has 0 saturated heterocycles. The molecule has 0 spiro atoms. The topological polar surface area (TPSA) is 55.5 Å². The minimum Gasteiger partial charge on any atom is -0.488 e. The molecule has 2 aromatic rings. The smallest absolute Gasteiger partial charge is 0.165 e. The van der Waals surface area contributed by atoms with Crippen LogP contribution in [0, 0.1) is 11.6 Å². The summed E-state index contributed by atoms with van der Waals surface area (Å²) in [5.41, 5.74) is 6.87. The minimum absolute atomic E-state index is 0.200. The van der Waals surface area contributed by atoms with Crippen molar-refractivity contribution in [3.8, 4) is 5.75 Å². The van der Waals surface area contributed by atoms with Gasteiger partial charge in [0.25, 0.3) is 0 Å². The van der Waals surface area contributed by atoms with E-state index < -0.39 is 23.8 Å². The molecular weight excluding hydrogens is 276 g/mol. The highest BCUT2D eigenvalue weighted by molar-refractivity contribution is 5.25. The molecule has 2 atom stereocenters. The van der Waals surface area contributed by atoms with Gasteiger partial charge in [-0.25, -0.2) is 8.78 Å². The highest BCUT2D eigenvalue weighted by Crippen LogP contribution is 2.18. The molecule has 0 aliphatic heterocycles. The predicted molar refractivity (Wildman–Crippen MR) is 76.0 cm³/mol. The van der Waals surface area contributed by atoms with Crippen molar-refractivity contribution in [2.75, 3.05) is 6.61 Å². The second kappa shape index (κ2) is 7.15. The Labute approximate surface area is 122 Å². The molecule has 0 aliphatic carbocycles. The van der Waals surface area contributed by atoms with Crippen molar-refractivity contribution in [1.29, 1.82) is 0 Å². The van der Waals surface area contributed by atoms with Crippen molar-refractivity contribution in [2.45, 2.75) is 18.6 Å². The number of hydrogen-bond acceptors (Lipinski definition) is 3. The standard InChI is InChI=1S/C16H17F2NO2/c17-12-6-7-13(18)16(9-12)21-10-15(20)14(19)8-11-4-2-1-3-5-11/h1-7,9,14-15,20H,8,10,19H2. The van der Waals surface area contributed by atoms with E-state index in [4.69, 9.17) is 10.5 Å². The first-order valence-electron chi connectivity index (χ1n) is 6.61. The Bertz CT molecular complexity index is 578. The molecule has 3 nitrogen and oxygen atoms in total. The summed E-state index contributed by atoms with van der Waals surface area (Å²) in [6, 6.07) is 11.8. The number of hydrogen-bond donors (Lipinski definition) is 2. The maximum atomic E-state index is 13.4. The summed E-state index contributed by atoms with van der Waals surface area (Å²) in [5.74, 6) is -1.52. The molecule has 3 N–H and O–H groups in total. The fourth-order valence-corrected chi connectivity index (χ4v) is 1.91. The van der Waals surface area contributed by atoms with E-state index in [1.54, 1.807) is 0 Å². The summed E-state index contributed by atoms with van der Waals surface area (Å²) in [7, 11) is 0. The monoisotopic (exact) mass is 293 g/mol. The highest BCUT2D eigenvalue weighted by Gasteiger charge is 2.17. The number of nitrogens with two attached hydrogens (primary N) is 1. The number of benzene rings is 2. The van der Waals surface area contributed by atoms with Crippen molar-refractivity contribution in [2.24, 2.45) is 5.73 Å².